The molecule has 0 aliphatic rings. The molecule has 1 aromatic heterocycles. The highest BCUT2D eigenvalue weighted by atomic mass is 32.1. The second-order valence-electron chi connectivity index (χ2n) is 3.80. The van der Waals surface area contributed by atoms with E-state index in [9.17, 15) is 4.79 Å². The Morgan fingerprint density at radius 2 is 2.18 bits per heavy atom. The molecule has 2 aromatic rings. The number of carbonyl (C=O) groups is 1. The summed E-state index contributed by atoms with van der Waals surface area (Å²) < 4.78 is 0. The highest BCUT2D eigenvalue weighted by Gasteiger charge is 2.12. The number of hydrogen-bond acceptors (Lipinski definition) is 4. The molecule has 88 valence electrons. The lowest BCUT2D eigenvalue weighted by Crippen LogP contribution is -2.12. The number of nitrogen functional groups attached to an aromatic ring is 1. The van der Waals surface area contributed by atoms with Gasteiger partial charge >= 0.3 is 0 Å². The van der Waals surface area contributed by atoms with Crippen LogP contribution in [0.1, 0.15) is 20.9 Å². The van der Waals surface area contributed by atoms with E-state index in [-0.39, 0.29) is 5.91 Å². The molecule has 0 aliphatic carbocycles. The Morgan fingerprint density at radius 3 is 2.76 bits per heavy atom. The smallest absolute Gasteiger partial charge is 0.267 e. The van der Waals surface area contributed by atoms with Gasteiger partial charge in [-0.2, -0.15) is 0 Å². The Labute approximate surface area is 103 Å². The van der Waals surface area contributed by atoms with Gasteiger partial charge in [-0.25, -0.2) is 4.98 Å². The second-order valence-corrected chi connectivity index (χ2v) is 4.65. The van der Waals surface area contributed by atoms with Crippen molar-refractivity contribution in [3.8, 4) is 0 Å². The predicted molar refractivity (Wildman–Crippen MR) is 70.4 cm³/mol. The van der Waals surface area contributed by atoms with Crippen LogP contribution in [0.25, 0.3) is 0 Å². The predicted octanol–water partition coefficient (Wildman–Crippen LogP) is 2.59. The third-order valence-electron chi connectivity index (χ3n) is 2.45. The molecule has 4 nitrogen and oxygen atoms in total. The first-order valence-corrected chi connectivity index (χ1v) is 6.03. The molecule has 3 N–H and O–H groups in total. The lowest BCUT2D eigenvalue weighted by Gasteiger charge is -2.08. The van der Waals surface area contributed by atoms with Gasteiger partial charge in [0.25, 0.3) is 5.91 Å². The fourth-order valence-corrected chi connectivity index (χ4v) is 2.22. The number of aryl methyl sites for hydroxylation is 2. The molecule has 0 spiro atoms. The molecule has 0 atom stereocenters. The Kier molecular flexibility index (Phi) is 3.10. The van der Waals surface area contributed by atoms with Gasteiger partial charge in [-0.15, -0.1) is 11.3 Å². The molecule has 0 fully saturated rings. The average molecular weight is 247 g/mol. The van der Waals surface area contributed by atoms with Crippen LogP contribution < -0.4 is 11.1 Å². The SMILES string of the molecule is Cc1cc(N)ccc1NC(=O)c1scnc1C. The van der Waals surface area contributed by atoms with Gasteiger partial charge < -0.3 is 11.1 Å². The normalized spacial score (nSPS) is 10.2. The molecular formula is C12H13N3OS. The maximum atomic E-state index is 12.0. The van der Waals surface area contributed by atoms with E-state index in [1.54, 1.807) is 17.6 Å². The van der Waals surface area contributed by atoms with E-state index in [2.05, 4.69) is 10.3 Å². The summed E-state index contributed by atoms with van der Waals surface area (Å²) in [6.45, 7) is 3.73. The zero-order valence-electron chi connectivity index (χ0n) is 9.65. The van der Waals surface area contributed by atoms with Gasteiger partial charge in [0, 0.05) is 11.4 Å². The quantitative estimate of drug-likeness (QED) is 0.801. The summed E-state index contributed by atoms with van der Waals surface area (Å²) >= 11 is 1.34. The number of nitrogens with zero attached hydrogens (tertiary/aromatic N) is 1. The largest absolute Gasteiger partial charge is 0.399 e. The standard InChI is InChI=1S/C12H13N3OS/c1-7-5-9(13)3-4-10(7)15-12(16)11-8(2)14-6-17-11/h3-6H,13H2,1-2H3,(H,15,16). The highest BCUT2D eigenvalue weighted by Crippen LogP contribution is 2.20. The Bertz CT molecular complexity index is 563. The van der Waals surface area contributed by atoms with Crippen molar-refractivity contribution in [2.45, 2.75) is 13.8 Å². The van der Waals surface area contributed by atoms with Crippen molar-refractivity contribution >= 4 is 28.6 Å². The lowest BCUT2D eigenvalue weighted by atomic mass is 10.2. The van der Waals surface area contributed by atoms with Crippen LogP contribution in [0.4, 0.5) is 11.4 Å². The minimum Gasteiger partial charge on any atom is -0.399 e. The number of amides is 1. The summed E-state index contributed by atoms with van der Waals surface area (Å²) in [7, 11) is 0. The van der Waals surface area contributed by atoms with E-state index in [0.717, 1.165) is 16.9 Å². The number of thiazole rings is 1. The van der Waals surface area contributed by atoms with Gasteiger partial charge in [0.1, 0.15) is 4.88 Å². The fraction of sp³-hybridized carbons (Fsp3) is 0.167. The van der Waals surface area contributed by atoms with Crippen molar-refractivity contribution in [2.24, 2.45) is 0 Å². The number of rotatable bonds is 2. The molecule has 0 bridgehead atoms. The summed E-state index contributed by atoms with van der Waals surface area (Å²) in [5, 5.41) is 2.86. The average Bonchev–Trinajstić information content (AvgIpc) is 2.68. The minimum absolute atomic E-state index is 0.127. The van der Waals surface area contributed by atoms with Gasteiger partial charge in [-0.05, 0) is 37.6 Å². The molecule has 1 heterocycles. The molecule has 1 amide bonds. The first-order chi connectivity index (χ1) is 8.08. The molecule has 0 radical (unpaired) electrons. The van der Waals surface area contributed by atoms with Gasteiger partial charge in [-0.1, -0.05) is 0 Å². The zero-order chi connectivity index (χ0) is 12.4. The number of nitrogens with one attached hydrogen (secondary N) is 1. The number of carbonyl (C=O) groups excluding carboxylic acids is 1. The van der Waals surface area contributed by atoms with E-state index in [1.807, 2.05) is 19.9 Å². The number of anilines is 2. The molecule has 0 aliphatic heterocycles. The first kappa shape index (κ1) is 11.6. The topological polar surface area (TPSA) is 68.0 Å². The van der Waals surface area contributed by atoms with Gasteiger partial charge in [0.15, 0.2) is 0 Å². The van der Waals surface area contributed by atoms with Crippen molar-refractivity contribution in [3.05, 3.63) is 39.8 Å². The van der Waals surface area contributed by atoms with E-state index < -0.39 is 0 Å². The summed E-state index contributed by atoms with van der Waals surface area (Å²) in [5.41, 5.74) is 10.5. The maximum Gasteiger partial charge on any atom is 0.267 e. The number of aromatic nitrogens is 1. The zero-order valence-corrected chi connectivity index (χ0v) is 10.5. The van der Waals surface area contributed by atoms with E-state index in [0.29, 0.717) is 10.6 Å². The second kappa shape index (κ2) is 4.55. The molecule has 0 saturated heterocycles. The molecule has 2 rings (SSSR count). The number of hydrogen-bond donors (Lipinski definition) is 2. The molecule has 17 heavy (non-hydrogen) atoms. The molecular weight excluding hydrogens is 234 g/mol. The van der Waals surface area contributed by atoms with Crippen molar-refractivity contribution < 1.29 is 4.79 Å². The molecule has 1 aromatic carbocycles. The minimum atomic E-state index is -0.127. The highest BCUT2D eigenvalue weighted by molar-refractivity contribution is 7.12. The van der Waals surface area contributed by atoms with E-state index >= 15 is 0 Å². The number of benzene rings is 1. The van der Waals surface area contributed by atoms with Crippen molar-refractivity contribution in [3.63, 3.8) is 0 Å². The summed E-state index contributed by atoms with van der Waals surface area (Å²) in [6, 6.07) is 5.40. The van der Waals surface area contributed by atoms with Crippen molar-refractivity contribution in [2.75, 3.05) is 11.1 Å². The van der Waals surface area contributed by atoms with Crippen LogP contribution >= 0.6 is 11.3 Å². The molecule has 0 saturated carbocycles. The van der Waals surface area contributed by atoms with Crippen molar-refractivity contribution in [1.29, 1.82) is 0 Å². The maximum absolute atomic E-state index is 12.0. The Balaban J connectivity index is 2.22. The molecule has 5 heteroatoms. The number of nitrogens with two attached hydrogens (primary N) is 1. The third-order valence-corrected chi connectivity index (χ3v) is 3.38. The van der Waals surface area contributed by atoms with Gasteiger partial charge in [0.05, 0.1) is 11.2 Å². The van der Waals surface area contributed by atoms with E-state index in [4.69, 9.17) is 5.73 Å². The third kappa shape index (κ3) is 2.45. The summed E-state index contributed by atoms with van der Waals surface area (Å²) in [4.78, 5) is 16.7. The van der Waals surface area contributed by atoms with Crippen LogP contribution in [0.3, 0.4) is 0 Å². The van der Waals surface area contributed by atoms with Crippen LogP contribution in [-0.2, 0) is 0 Å². The monoisotopic (exact) mass is 247 g/mol. The fourth-order valence-electron chi connectivity index (χ4n) is 1.53. The van der Waals surface area contributed by atoms with Crippen LogP contribution in [-0.4, -0.2) is 10.9 Å². The Morgan fingerprint density at radius 1 is 1.41 bits per heavy atom. The van der Waals surface area contributed by atoms with Crippen LogP contribution in [0.2, 0.25) is 0 Å². The summed E-state index contributed by atoms with van der Waals surface area (Å²) in [5.74, 6) is -0.127. The summed E-state index contributed by atoms with van der Waals surface area (Å²) in [6.07, 6.45) is 0. The molecule has 0 unspecified atom stereocenters. The van der Waals surface area contributed by atoms with Crippen LogP contribution in [0.5, 0.6) is 0 Å². The van der Waals surface area contributed by atoms with Gasteiger partial charge in [0.2, 0.25) is 0 Å². The first-order valence-electron chi connectivity index (χ1n) is 5.15. The van der Waals surface area contributed by atoms with Crippen LogP contribution in [0, 0.1) is 13.8 Å². The van der Waals surface area contributed by atoms with E-state index in [1.165, 1.54) is 11.3 Å². The Hall–Kier alpha value is -1.88. The lowest BCUT2D eigenvalue weighted by molar-refractivity contribution is 0.102. The van der Waals surface area contributed by atoms with Crippen LogP contribution in [0.15, 0.2) is 23.7 Å². The van der Waals surface area contributed by atoms with Gasteiger partial charge in [-0.3, -0.25) is 4.79 Å². The van der Waals surface area contributed by atoms with Crippen molar-refractivity contribution in [1.82, 2.24) is 4.98 Å².